The van der Waals surface area contributed by atoms with E-state index in [0.717, 1.165) is 35.8 Å². The van der Waals surface area contributed by atoms with E-state index in [1.807, 2.05) is 25.1 Å². The van der Waals surface area contributed by atoms with Crippen molar-refractivity contribution in [3.8, 4) is 0 Å². The summed E-state index contributed by atoms with van der Waals surface area (Å²) >= 11 is 1.72. The van der Waals surface area contributed by atoms with Crippen molar-refractivity contribution in [2.24, 2.45) is 0 Å². The minimum absolute atomic E-state index is 0.326. The van der Waals surface area contributed by atoms with Crippen LogP contribution in [-0.4, -0.2) is 11.5 Å². The molecule has 3 N–H and O–H groups in total. The third-order valence-corrected chi connectivity index (χ3v) is 4.28. The maximum atomic E-state index is 5.93. The summed E-state index contributed by atoms with van der Waals surface area (Å²) in [5.41, 5.74) is 9.16. The summed E-state index contributed by atoms with van der Waals surface area (Å²) < 4.78 is 0. The van der Waals surface area contributed by atoms with Crippen molar-refractivity contribution in [3.63, 3.8) is 0 Å². The highest BCUT2D eigenvalue weighted by Crippen LogP contribution is 2.17. The van der Waals surface area contributed by atoms with Crippen LogP contribution < -0.4 is 11.1 Å². The first-order valence-electron chi connectivity index (χ1n) is 6.65. The van der Waals surface area contributed by atoms with E-state index in [1.54, 1.807) is 11.3 Å². The van der Waals surface area contributed by atoms with Crippen LogP contribution in [0, 0.1) is 6.92 Å². The number of nitrogens with zero attached hydrogens (tertiary/aromatic N) is 1. The number of aryl methyl sites for hydroxylation is 2. The minimum Gasteiger partial charge on any atom is -0.399 e. The first-order valence-corrected chi connectivity index (χ1v) is 7.53. The average Bonchev–Trinajstić information content (AvgIpc) is 2.83. The fraction of sp³-hybridized carbons (Fsp3) is 0.400. The Kier molecular flexibility index (Phi) is 4.93. The molecule has 2 rings (SSSR count). The molecule has 0 aliphatic rings. The molecule has 1 atom stereocenters. The smallest absolute Gasteiger partial charge is 0.110 e. The van der Waals surface area contributed by atoms with Crippen LogP contribution in [0.5, 0.6) is 0 Å². The molecule has 1 unspecified atom stereocenters. The standard InChI is InChI=1S/C15H21N3S/c1-11-10-19-15(18-11)12(2)17-9-5-7-13-6-3-4-8-14(13)16/h3-4,6,8,10,12,17H,5,7,9,16H2,1-2H3. The van der Waals surface area contributed by atoms with Crippen LogP contribution in [0.4, 0.5) is 5.69 Å². The zero-order valence-corrected chi connectivity index (χ0v) is 12.3. The molecule has 1 aromatic carbocycles. The van der Waals surface area contributed by atoms with Gasteiger partial charge in [-0.3, -0.25) is 0 Å². The molecular weight excluding hydrogens is 254 g/mol. The molecule has 19 heavy (non-hydrogen) atoms. The maximum Gasteiger partial charge on any atom is 0.110 e. The van der Waals surface area contributed by atoms with E-state index in [2.05, 4.69) is 28.7 Å². The van der Waals surface area contributed by atoms with Crippen molar-refractivity contribution in [2.45, 2.75) is 32.7 Å². The Bertz CT molecular complexity index is 522. The monoisotopic (exact) mass is 275 g/mol. The molecule has 0 bridgehead atoms. The van der Waals surface area contributed by atoms with E-state index in [1.165, 1.54) is 5.56 Å². The van der Waals surface area contributed by atoms with E-state index in [0.29, 0.717) is 6.04 Å². The lowest BCUT2D eigenvalue weighted by Crippen LogP contribution is -2.20. The molecule has 3 nitrogen and oxygen atoms in total. The SMILES string of the molecule is Cc1csc(C(C)NCCCc2ccccc2N)n1. The topological polar surface area (TPSA) is 50.9 Å². The molecule has 0 radical (unpaired) electrons. The predicted octanol–water partition coefficient (Wildman–Crippen LogP) is 3.32. The van der Waals surface area contributed by atoms with E-state index in [4.69, 9.17) is 5.73 Å². The second-order valence-electron chi connectivity index (χ2n) is 4.81. The largest absolute Gasteiger partial charge is 0.399 e. The number of anilines is 1. The van der Waals surface area contributed by atoms with Gasteiger partial charge in [-0.05, 0) is 44.9 Å². The lowest BCUT2D eigenvalue weighted by molar-refractivity contribution is 0.555. The van der Waals surface area contributed by atoms with Crippen molar-refractivity contribution < 1.29 is 0 Å². The number of para-hydroxylation sites is 1. The van der Waals surface area contributed by atoms with Crippen LogP contribution in [0.1, 0.15) is 35.7 Å². The Balaban J connectivity index is 1.74. The number of rotatable bonds is 6. The van der Waals surface area contributed by atoms with Gasteiger partial charge >= 0.3 is 0 Å². The number of hydrogen-bond acceptors (Lipinski definition) is 4. The van der Waals surface area contributed by atoms with Gasteiger partial charge in [0.25, 0.3) is 0 Å². The highest BCUT2D eigenvalue weighted by molar-refractivity contribution is 7.09. The van der Waals surface area contributed by atoms with Crippen molar-refractivity contribution in [1.82, 2.24) is 10.3 Å². The van der Waals surface area contributed by atoms with E-state index in [-0.39, 0.29) is 0 Å². The first kappa shape index (κ1) is 14.0. The number of nitrogens with two attached hydrogens (primary N) is 1. The van der Waals surface area contributed by atoms with Gasteiger partial charge in [0, 0.05) is 16.8 Å². The van der Waals surface area contributed by atoms with E-state index in [9.17, 15) is 0 Å². The molecule has 0 saturated heterocycles. The quantitative estimate of drug-likeness (QED) is 0.628. The van der Waals surface area contributed by atoms with Gasteiger partial charge in [-0.1, -0.05) is 18.2 Å². The number of benzene rings is 1. The number of hydrogen-bond donors (Lipinski definition) is 2. The van der Waals surface area contributed by atoms with Crippen LogP contribution in [0.15, 0.2) is 29.6 Å². The highest BCUT2D eigenvalue weighted by atomic mass is 32.1. The molecule has 0 aliphatic heterocycles. The summed E-state index contributed by atoms with van der Waals surface area (Å²) in [5.74, 6) is 0. The molecule has 2 aromatic rings. The van der Waals surface area contributed by atoms with Crippen molar-refractivity contribution in [1.29, 1.82) is 0 Å². The van der Waals surface area contributed by atoms with Gasteiger partial charge in [-0.25, -0.2) is 4.98 Å². The number of thiazole rings is 1. The average molecular weight is 275 g/mol. The first-order chi connectivity index (χ1) is 9.16. The highest BCUT2D eigenvalue weighted by Gasteiger charge is 2.08. The zero-order chi connectivity index (χ0) is 13.7. The third kappa shape index (κ3) is 4.04. The lowest BCUT2D eigenvalue weighted by Gasteiger charge is -2.11. The van der Waals surface area contributed by atoms with Crippen LogP contribution in [0.2, 0.25) is 0 Å². The van der Waals surface area contributed by atoms with Gasteiger partial charge in [0.1, 0.15) is 5.01 Å². The van der Waals surface area contributed by atoms with Crippen LogP contribution in [0.25, 0.3) is 0 Å². The second kappa shape index (κ2) is 6.68. The summed E-state index contributed by atoms with van der Waals surface area (Å²) in [5, 5.41) is 6.77. The second-order valence-corrected chi connectivity index (χ2v) is 5.69. The molecule has 4 heteroatoms. The molecule has 102 valence electrons. The Morgan fingerprint density at radius 2 is 2.16 bits per heavy atom. The summed E-state index contributed by atoms with van der Waals surface area (Å²) in [6, 6.07) is 8.41. The number of aromatic nitrogens is 1. The molecular formula is C15H21N3S. The molecule has 0 fully saturated rings. The Labute approximate surface area is 118 Å². The van der Waals surface area contributed by atoms with Crippen LogP contribution in [-0.2, 0) is 6.42 Å². The summed E-state index contributed by atoms with van der Waals surface area (Å²) in [4.78, 5) is 4.50. The van der Waals surface area contributed by atoms with Gasteiger partial charge in [0.2, 0.25) is 0 Å². The Hall–Kier alpha value is -1.39. The van der Waals surface area contributed by atoms with E-state index >= 15 is 0 Å². The summed E-state index contributed by atoms with van der Waals surface area (Å²) in [7, 11) is 0. The maximum absolute atomic E-state index is 5.93. The summed E-state index contributed by atoms with van der Waals surface area (Å²) in [6.07, 6.45) is 2.10. The van der Waals surface area contributed by atoms with Crippen molar-refractivity contribution >= 4 is 17.0 Å². The zero-order valence-electron chi connectivity index (χ0n) is 11.5. The fourth-order valence-electron chi connectivity index (χ4n) is 2.02. The fourth-order valence-corrected chi connectivity index (χ4v) is 2.85. The van der Waals surface area contributed by atoms with E-state index < -0.39 is 0 Å². The van der Waals surface area contributed by atoms with Crippen molar-refractivity contribution in [3.05, 3.63) is 45.9 Å². The molecule has 0 amide bonds. The van der Waals surface area contributed by atoms with Gasteiger partial charge in [-0.2, -0.15) is 0 Å². The van der Waals surface area contributed by atoms with Gasteiger partial charge in [0.05, 0.1) is 6.04 Å². The van der Waals surface area contributed by atoms with Gasteiger partial charge < -0.3 is 11.1 Å². The van der Waals surface area contributed by atoms with Crippen LogP contribution >= 0.6 is 11.3 Å². The number of nitrogens with one attached hydrogen (secondary N) is 1. The van der Waals surface area contributed by atoms with Gasteiger partial charge in [-0.15, -0.1) is 11.3 Å². The molecule has 0 aliphatic carbocycles. The minimum atomic E-state index is 0.326. The predicted molar refractivity (Wildman–Crippen MR) is 82.4 cm³/mol. The third-order valence-electron chi connectivity index (χ3n) is 3.14. The molecule has 1 heterocycles. The van der Waals surface area contributed by atoms with Crippen molar-refractivity contribution in [2.75, 3.05) is 12.3 Å². The molecule has 1 aromatic heterocycles. The molecule has 0 spiro atoms. The Morgan fingerprint density at radius 1 is 1.37 bits per heavy atom. The van der Waals surface area contributed by atoms with Gasteiger partial charge in [0.15, 0.2) is 0 Å². The van der Waals surface area contributed by atoms with Crippen LogP contribution in [0.3, 0.4) is 0 Å². The normalized spacial score (nSPS) is 12.5. The molecule has 0 saturated carbocycles. The Morgan fingerprint density at radius 3 is 2.84 bits per heavy atom. The summed E-state index contributed by atoms with van der Waals surface area (Å²) in [6.45, 7) is 5.17. The lowest BCUT2D eigenvalue weighted by atomic mass is 10.1. The number of nitrogen functional groups attached to an aromatic ring is 1.